The molecular formula is C13H13ClN2. The third-order valence-corrected chi connectivity index (χ3v) is 2.30. The maximum atomic E-state index is 7.29. The Morgan fingerprint density at radius 1 is 0.812 bits per heavy atom. The average Bonchev–Trinajstić information content (AvgIpc) is 2.30. The van der Waals surface area contributed by atoms with Crippen molar-refractivity contribution in [1.29, 1.82) is 5.41 Å². The predicted octanol–water partition coefficient (Wildman–Crippen LogP) is 3.06. The van der Waals surface area contributed by atoms with Crippen LogP contribution in [-0.2, 0) is 0 Å². The molecule has 0 unspecified atom stereocenters. The molecule has 0 saturated carbocycles. The van der Waals surface area contributed by atoms with E-state index in [9.17, 15) is 0 Å². The summed E-state index contributed by atoms with van der Waals surface area (Å²) < 4.78 is 0. The molecule has 0 spiro atoms. The topological polar surface area (TPSA) is 49.9 Å². The number of hydrogen-bond donors (Lipinski definition) is 2. The summed E-state index contributed by atoms with van der Waals surface area (Å²) in [4.78, 5) is 0. The fourth-order valence-electron chi connectivity index (χ4n) is 1.47. The van der Waals surface area contributed by atoms with Crippen molar-refractivity contribution in [2.24, 2.45) is 5.73 Å². The highest BCUT2D eigenvalue weighted by atomic mass is 35.5. The van der Waals surface area contributed by atoms with E-state index in [-0.39, 0.29) is 18.2 Å². The van der Waals surface area contributed by atoms with Crippen LogP contribution in [0.15, 0.2) is 54.6 Å². The van der Waals surface area contributed by atoms with Crippen molar-refractivity contribution in [3.8, 4) is 11.1 Å². The van der Waals surface area contributed by atoms with E-state index in [0.29, 0.717) is 0 Å². The van der Waals surface area contributed by atoms with E-state index in [1.54, 1.807) is 0 Å². The lowest BCUT2D eigenvalue weighted by Gasteiger charge is -2.02. The quantitative estimate of drug-likeness (QED) is 0.607. The van der Waals surface area contributed by atoms with Crippen LogP contribution < -0.4 is 5.73 Å². The molecule has 0 saturated heterocycles. The van der Waals surface area contributed by atoms with Crippen molar-refractivity contribution in [2.45, 2.75) is 0 Å². The van der Waals surface area contributed by atoms with E-state index in [2.05, 4.69) is 12.1 Å². The lowest BCUT2D eigenvalue weighted by atomic mass is 10.0. The summed E-state index contributed by atoms with van der Waals surface area (Å²) in [6.45, 7) is 0. The zero-order valence-corrected chi connectivity index (χ0v) is 9.50. The van der Waals surface area contributed by atoms with Gasteiger partial charge in [0.1, 0.15) is 5.84 Å². The Balaban J connectivity index is 0.00000128. The standard InChI is InChI=1S/C13H12N2.ClH/c14-13(15)12-8-6-11(7-9-12)10-4-2-1-3-5-10;/h1-9H,(H3,14,15);1H. The minimum Gasteiger partial charge on any atom is -0.384 e. The highest BCUT2D eigenvalue weighted by molar-refractivity contribution is 5.95. The fourth-order valence-corrected chi connectivity index (χ4v) is 1.47. The van der Waals surface area contributed by atoms with Crippen molar-refractivity contribution in [2.75, 3.05) is 0 Å². The third-order valence-electron chi connectivity index (χ3n) is 2.30. The molecule has 2 aromatic rings. The van der Waals surface area contributed by atoms with Gasteiger partial charge in [0, 0.05) is 5.56 Å². The van der Waals surface area contributed by atoms with Crippen LogP contribution in [0.5, 0.6) is 0 Å². The second-order valence-corrected chi connectivity index (χ2v) is 3.36. The lowest BCUT2D eigenvalue weighted by Crippen LogP contribution is -2.10. The van der Waals surface area contributed by atoms with Crippen LogP contribution in [0.2, 0.25) is 0 Å². The molecule has 2 nitrogen and oxygen atoms in total. The molecule has 0 heterocycles. The maximum Gasteiger partial charge on any atom is 0.122 e. The molecule has 16 heavy (non-hydrogen) atoms. The first-order chi connectivity index (χ1) is 7.27. The monoisotopic (exact) mass is 232 g/mol. The Bertz CT molecular complexity index is 463. The van der Waals surface area contributed by atoms with Gasteiger partial charge in [-0.15, -0.1) is 12.4 Å². The normalized spacial score (nSPS) is 9.25. The number of hydrogen-bond acceptors (Lipinski definition) is 1. The van der Waals surface area contributed by atoms with Crippen LogP contribution in [0.3, 0.4) is 0 Å². The predicted molar refractivity (Wildman–Crippen MR) is 70.1 cm³/mol. The molecule has 0 aliphatic carbocycles. The van der Waals surface area contributed by atoms with Gasteiger partial charge < -0.3 is 5.73 Å². The molecule has 0 aliphatic heterocycles. The number of benzene rings is 2. The van der Waals surface area contributed by atoms with Gasteiger partial charge in [-0.1, -0.05) is 54.6 Å². The van der Waals surface area contributed by atoms with Gasteiger partial charge in [-0.25, -0.2) is 0 Å². The number of rotatable bonds is 2. The molecule has 0 aromatic heterocycles. The molecule has 0 aliphatic rings. The summed E-state index contributed by atoms with van der Waals surface area (Å²) in [7, 11) is 0. The van der Waals surface area contributed by atoms with E-state index in [1.807, 2.05) is 42.5 Å². The molecule has 0 radical (unpaired) electrons. The first kappa shape index (κ1) is 12.3. The van der Waals surface area contributed by atoms with E-state index < -0.39 is 0 Å². The molecule has 0 atom stereocenters. The fraction of sp³-hybridized carbons (Fsp3) is 0. The molecule has 2 rings (SSSR count). The van der Waals surface area contributed by atoms with Crippen LogP contribution in [0, 0.1) is 5.41 Å². The van der Waals surface area contributed by atoms with Crippen LogP contribution in [0.4, 0.5) is 0 Å². The van der Waals surface area contributed by atoms with Crippen molar-refractivity contribution in [3.05, 3.63) is 60.2 Å². The van der Waals surface area contributed by atoms with Crippen LogP contribution in [-0.4, -0.2) is 5.84 Å². The molecule has 0 fully saturated rings. The molecule has 2 aromatic carbocycles. The lowest BCUT2D eigenvalue weighted by molar-refractivity contribution is 1.42. The summed E-state index contributed by atoms with van der Waals surface area (Å²) in [6, 6.07) is 17.8. The highest BCUT2D eigenvalue weighted by Gasteiger charge is 1.98. The zero-order chi connectivity index (χ0) is 10.7. The first-order valence-electron chi connectivity index (χ1n) is 4.77. The van der Waals surface area contributed by atoms with Gasteiger partial charge in [-0.05, 0) is 11.1 Å². The summed E-state index contributed by atoms with van der Waals surface area (Å²) in [6.07, 6.45) is 0. The van der Waals surface area contributed by atoms with E-state index in [1.165, 1.54) is 5.56 Å². The van der Waals surface area contributed by atoms with Gasteiger partial charge >= 0.3 is 0 Å². The zero-order valence-electron chi connectivity index (χ0n) is 8.68. The summed E-state index contributed by atoms with van der Waals surface area (Å²) in [5, 5.41) is 7.29. The van der Waals surface area contributed by atoms with E-state index in [0.717, 1.165) is 11.1 Å². The van der Waals surface area contributed by atoms with Crippen molar-refractivity contribution in [1.82, 2.24) is 0 Å². The van der Waals surface area contributed by atoms with Crippen molar-refractivity contribution in [3.63, 3.8) is 0 Å². The summed E-state index contributed by atoms with van der Waals surface area (Å²) >= 11 is 0. The van der Waals surface area contributed by atoms with Gasteiger partial charge in [0.2, 0.25) is 0 Å². The first-order valence-corrected chi connectivity index (χ1v) is 4.77. The average molecular weight is 233 g/mol. The summed E-state index contributed by atoms with van der Waals surface area (Å²) in [5.74, 6) is 0.106. The van der Waals surface area contributed by atoms with Gasteiger partial charge in [0.05, 0.1) is 0 Å². The minimum absolute atomic E-state index is 0. The SMILES string of the molecule is Cl.N=C(N)c1ccc(-c2ccccc2)cc1. The number of nitrogens with two attached hydrogens (primary N) is 1. The molecular weight excluding hydrogens is 220 g/mol. The van der Waals surface area contributed by atoms with E-state index >= 15 is 0 Å². The van der Waals surface area contributed by atoms with Gasteiger partial charge in [-0.3, -0.25) is 5.41 Å². The molecule has 3 heteroatoms. The number of nitrogen functional groups attached to an aromatic ring is 1. The smallest absolute Gasteiger partial charge is 0.122 e. The van der Waals surface area contributed by atoms with Crippen LogP contribution in [0.1, 0.15) is 5.56 Å². The molecule has 82 valence electrons. The Kier molecular flexibility index (Phi) is 4.09. The third kappa shape index (κ3) is 2.61. The molecule has 0 bridgehead atoms. The van der Waals surface area contributed by atoms with Crippen LogP contribution in [0.25, 0.3) is 11.1 Å². The Morgan fingerprint density at radius 3 is 1.81 bits per heavy atom. The second kappa shape index (κ2) is 5.33. The van der Waals surface area contributed by atoms with Gasteiger partial charge in [0.25, 0.3) is 0 Å². The second-order valence-electron chi connectivity index (χ2n) is 3.36. The molecule has 0 amide bonds. The molecule has 3 N–H and O–H groups in total. The Hall–Kier alpha value is -1.80. The number of amidine groups is 1. The Morgan fingerprint density at radius 2 is 1.31 bits per heavy atom. The minimum atomic E-state index is 0. The van der Waals surface area contributed by atoms with Crippen molar-refractivity contribution < 1.29 is 0 Å². The van der Waals surface area contributed by atoms with E-state index in [4.69, 9.17) is 11.1 Å². The highest BCUT2D eigenvalue weighted by Crippen LogP contribution is 2.18. The van der Waals surface area contributed by atoms with Gasteiger partial charge in [0.15, 0.2) is 0 Å². The van der Waals surface area contributed by atoms with Crippen LogP contribution >= 0.6 is 12.4 Å². The van der Waals surface area contributed by atoms with Crippen molar-refractivity contribution >= 4 is 18.2 Å². The number of nitrogens with one attached hydrogen (secondary N) is 1. The van der Waals surface area contributed by atoms with Gasteiger partial charge in [-0.2, -0.15) is 0 Å². The maximum absolute atomic E-state index is 7.29. The Labute approximate surface area is 101 Å². The largest absolute Gasteiger partial charge is 0.384 e. The number of halogens is 1. The summed E-state index contributed by atoms with van der Waals surface area (Å²) in [5.41, 5.74) is 8.46.